The predicted octanol–water partition coefficient (Wildman–Crippen LogP) is 4.18. The lowest BCUT2D eigenvalue weighted by molar-refractivity contribution is 0.0974. The van der Waals surface area contributed by atoms with Crippen LogP contribution in [0.25, 0.3) is 0 Å². The second kappa shape index (κ2) is 6.11. The zero-order valence-corrected chi connectivity index (χ0v) is 14.2. The smallest absolute Gasteiger partial charge is 0.262 e. The van der Waals surface area contributed by atoms with Crippen LogP contribution < -0.4 is 10.2 Å². The topological polar surface area (TPSA) is 72.8 Å². The van der Waals surface area contributed by atoms with Gasteiger partial charge >= 0.3 is 0 Å². The normalized spacial score (nSPS) is 16.1. The van der Waals surface area contributed by atoms with Crippen molar-refractivity contribution in [2.24, 2.45) is 0 Å². The molecule has 0 radical (unpaired) electrons. The zero-order chi connectivity index (χ0) is 18.3. The average molecular weight is 346 g/mol. The van der Waals surface area contributed by atoms with E-state index in [1.807, 2.05) is 49.4 Å². The summed E-state index contributed by atoms with van der Waals surface area (Å²) in [6.07, 6.45) is -0.597. The predicted molar refractivity (Wildman–Crippen MR) is 101 cm³/mol. The van der Waals surface area contributed by atoms with E-state index >= 15 is 0 Å². The van der Waals surface area contributed by atoms with Gasteiger partial charge in [-0.15, -0.1) is 0 Å². The van der Waals surface area contributed by atoms with Gasteiger partial charge in [0.05, 0.1) is 5.56 Å². The van der Waals surface area contributed by atoms with Crippen LogP contribution in [0, 0.1) is 6.92 Å². The molecule has 0 spiro atoms. The maximum atomic E-state index is 13.2. The Balaban J connectivity index is 1.88. The minimum Gasteiger partial charge on any atom is -0.508 e. The number of carbonyl (C=O) groups excluding carboxylic acids is 1. The van der Waals surface area contributed by atoms with E-state index in [0.717, 1.165) is 11.3 Å². The second-order valence-electron chi connectivity index (χ2n) is 6.35. The van der Waals surface area contributed by atoms with Crippen LogP contribution in [0.5, 0.6) is 11.5 Å². The Morgan fingerprint density at radius 1 is 0.962 bits per heavy atom. The van der Waals surface area contributed by atoms with E-state index < -0.39 is 6.17 Å². The van der Waals surface area contributed by atoms with Gasteiger partial charge in [-0.1, -0.05) is 29.8 Å². The Kier molecular flexibility index (Phi) is 3.77. The van der Waals surface area contributed by atoms with Gasteiger partial charge in [0.15, 0.2) is 0 Å². The van der Waals surface area contributed by atoms with Crippen LogP contribution in [-0.2, 0) is 0 Å². The van der Waals surface area contributed by atoms with Gasteiger partial charge in [0.25, 0.3) is 5.91 Å². The van der Waals surface area contributed by atoms with Crippen molar-refractivity contribution < 1.29 is 15.0 Å². The average Bonchev–Trinajstić information content (AvgIpc) is 2.63. The SMILES string of the molecule is Cc1ccc(N2C(=O)c3ccccc3N[C@@H]2c2ccc(O)cc2O)cc1. The summed E-state index contributed by atoms with van der Waals surface area (Å²) in [5, 5.41) is 23.3. The molecule has 1 heterocycles. The first-order chi connectivity index (χ1) is 12.5. The Labute approximate surface area is 151 Å². The van der Waals surface area contributed by atoms with Crippen molar-refractivity contribution in [1.82, 2.24) is 0 Å². The number of nitrogens with zero attached hydrogens (tertiary/aromatic N) is 1. The molecular formula is C21H18N2O3. The number of hydrogen-bond acceptors (Lipinski definition) is 4. The molecule has 5 heteroatoms. The molecule has 3 aromatic carbocycles. The van der Waals surface area contributed by atoms with Crippen LogP contribution in [0.3, 0.4) is 0 Å². The van der Waals surface area contributed by atoms with Gasteiger partial charge in [0.2, 0.25) is 0 Å². The molecule has 0 unspecified atom stereocenters. The quantitative estimate of drug-likeness (QED) is 0.651. The van der Waals surface area contributed by atoms with Crippen LogP contribution in [0.1, 0.15) is 27.7 Å². The summed E-state index contributed by atoms with van der Waals surface area (Å²) in [5.74, 6) is -0.261. The molecule has 130 valence electrons. The molecule has 0 fully saturated rings. The maximum absolute atomic E-state index is 13.2. The summed E-state index contributed by atoms with van der Waals surface area (Å²) in [6, 6.07) is 19.3. The van der Waals surface area contributed by atoms with E-state index in [-0.39, 0.29) is 17.4 Å². The first-order valence-corrected chi connectivity index (χ1v) is 8.32. The molecule has 3 aromatic rings. The van der Waals surface area contributed by atoms with Crippen molar-refractivity contribution in [3.05, 3.63) is 83.4 Å². The standard InChI is InChI=1S/C21H18N2O3/c1-13-6-8-14(9-7-13)23-20(17-11-10-15(24)12-19(17)25)22-18-5-3-2-4-16(18)21(23)26/h2-12,20,22,24-25H,1H3/t20-/m0/s1. The number of nitrogens with one attached hydrogen (secondary N) is 1. The largest absolute Gasteiger partial charge is 0.508 e. The first kappa shape index (κ1) is 16.0. The van der Waals surface area contributed by atoms with Crippen LogP contribution in [0.2, 0.25) is 0 Å². The number of rotatable bonds is 2. The summed E-state index contributed by atoms with van der Waals surface area (Å²) in [6.45, 7) is 1.98. The number of amides is 1. The van der Waals surface area contributed by atoms with E-state index in [2.05, 4.69) is 5.32 Å². The Morgan fingerprint density at radius 2 is 1.69 bits per heavy atom. The van der Waals surface area contributed by atoms with E-state index in [1.165, 1.54) is 12.1 Å². The Bertz CT molecular complexity index is 983. The third-order valence-electron chi connectivity index (χ3n) is 4.55. The molecule has 0 saturated carbocycles. The number of carbonyl (C=O) groups is 1. The van der Waals surface area contributed by atoms with Gasteiger partial charge < -0.3 is 15.5 Å². The van der Waals surface area contributed by atoms with Crippen LogP contribution >= 0.6 is 0 Å². The van der Waals surface area contributed by atoms with Crippen LogP contribution in [-0.4, -0.2) is 16.1 Å². The maximum Gasteiger partial charge on any atom is 0.262 e. The lowest BCUT2D eigenvalue weighted by Gasteiger charge is -2.38. The van der Waals surface area contributed by atoms with E-state index in [9.17, 15) is 15.0 Å². The van der Waals surface area contributed by atoms with Crippen molar-refractivity contribution in [3.8, 4) is 11.5 Å². The van der Waals surface area contributed by atoms with Crippen molar-refractivity contribution in [2.45, 2.75) is 13.1 Å². The lowest BCUT2D eigenvalue weighted by Crippen LogP contribution is -2.43. The molecule has 0 aromatic heterocycles. The Hall–Kier alpha value is -3.47. The Morgan fingerprint density at radius 3 is 2.42 bits per heavy atom. The van der Waals surface area contributed by atoms with Crippen molar-refractivity contribution in [2.75, 3.05) is 10.2 Å². The molecule has 1 aliphatic rings. The lowest BCUT2D eigenvalue weighted by atomic mass is 10.0. The number of aryl methyl sites for hydroxylation is 1. The van der Waals surface area contributed by atoms with Gasteiger partial charge in [-0.3, -0.25) is 9.69 Å². The second-order valence-corrected chi connectivity index (χ2v) is 6.35. The highest BCUT2D eigenvalue weighted by atomic mass is 16.3. The monoisotopic (exact) mass is 346 g/mol. The van der Waals surface area contributed by atoms with E-state index in [0.29, 0.717) is 16.8 Å². The zero-order valence-electron chi connectivity index (χ0n) is 14.2. The molecule has 4 rings (SSSR count). The molecule has 1 atom stereocenters. The van der Waals surface area contributed by atoms with Gasteiger partial charge in [-0.05, 0) is 43.3 Å². The van der Waals surface area contributed by atoms with Gasteiger partial charge in [-0.2, -0.15) is 0 Å². The molecule has 0 saturated heterocycles. The number of benzene rings is 3. The molecule has 26 heavy (non-hydrogen) atoms. The molecule has 5 nitrogen and oxygen atoms in total. The van der Waals surface area contributed by atoms with E-state index in [4.69, 9.17) is 0 Å². The number of phenols is 2. The van der Waals surface area contributed by atoms with Crippen molar-refractivity contribution in [1.29, 1.82) is 0 Å². The molecule has 3 N–H and O–H groups in total. The molecule has 0 aliphatic carbocycles. The molecule has 1 aliphatic heterocycles. The number of fused-ring (bicyclic) bond motifs is 1. The molecular weight excluding hydrogens is 328 g/mol. The van der Waals surface area contributed by atoms with E-state index in [1.54, 1.807) is 17.0 Å². The third kappa shape index (κ3) is 2.63. The van der Waals surface area contributed by atoms with Crippen LogP contribution in [0.4, 0.5) is 11.4 Å². The molecule has 0 bridgehead atoms. The summed E-state index contributed by atoms with van der Waals surface area (Å²) >= 11 is 0. The highest BCUT2D eigenvalue weighted by molar-refractivity contribution is 6.12. The summed E-state index contributed by atoms with van der Waals surface area (Å²) in [7, 11) is 0. The number of anilines is 2. The van der Waals surface area contributed by atoms with Crippen LogP contribution in [0.15, 0.2) is 66.7 Å². The van der Waals surface area contributed by atoms with Gasteiger partial charge in [0, 0.05) is 23.0 Å². The van der Waals surface area contributed by atoms with Gasteiger partial charge in [-0.25, -0.2) is 0 Å². The summed E-state index contributed by atoms with van der Waals surface area (Å²) in [5.41, 5.74) is 3.60. The number of para-hydroxylation sites is 1. The van der Waals surface area contributed by atoms with Crippen molar-refractivity contribution >= 4 is 17.3 Å². The number of aromatic hydroxyl groups is 2. The highest BCUT2D eigenvalue weighted by Crippen LogP contribution is 2.40. The third-order valence-corrected chi connectivity index (χ3v) is 4.55. The first-order valence-electron chi connectivity index (χ1n) is 8.32. The molecule has 1 amide bonds. The minimum atomic E-state index is -0.597. The minimum absolute atomic E-state index is 0.0318. The fourth-order valence-corrected chi connectivity index (χ4v) is 3.21. The van der Waals surface area contributed by atoms with Crippen molar-refractivity contribution in [3.63, 3.8) is 0 Å². The number of hydrogen-bond donors (Lipinski definition) is 3. The van der Waals surface area contributed by atoms with Gasteiger partial charge in [0.1, 0.15) is 17.7 Å². The number of phenolic OH excluding ortho intramolecular Hbond substituents is 2. The fourth-order valence-electron chi connectivity index (χ4n) is 3.21. The summed E-state index contributed by atoms with van der Waals surface area (Å²) < 4.78 is 0. The highest BCUT2D eigenvalue weighted by Gasteiger charge is 2.35. The fraction of sp³-hybridized carbons (Fsp3) is 0.0952. The summed E-state index contributed by atoms with van der Waals surface area (Å²) in [4.78, 5) is 14.8.